The van der Waals surface area contributed by atoms with E-state index in [0.29, 0.717) is 23.7 Å². The number of likely N-dealkylation sites (tertiary alicyclic amines) is 1. The summed E-state index contributed by atoms with van der Waals surface area (Å²) in [7, 11) is 0. The SMILES string of the molecule is O=C(Nc1ccc(N2CCCCCC2)cc1)[C@@H]1CCCN(C(=O)c2ccc(Cl)cc2)C1. The molecule has 164 valence electrons. The van der Waals surface area contributed by atoms with Gasteiger partial charge >= 0.3 is 0 Å². The van der Waals surface area contributed by atoms with Gasteiger partial charge in [-0.3, -0.25) is 9.59 Å². The molecule has 2 saturated heterocycles. The zero-order valence-electron chi connectivity index (χ0n) is 17.9. The number of halogens is 1. The molecule has 0 aromatic heterocycles. The van der Waals surface area contributed by atoms with Gasteiger partial charge in [0, 0.05) is 48.1 Å². The van der Waals surface area contributed by atoms with Gasteiger partial charge in [-0.1, -0.05) is 24.4 Å². The maximum Gasteiger partial charge on any atom is 0.253 e. The van der Waals surface area contributed by atoms with Gasteiger partial charge in [0.05, 0.1) is 5.92 Å². The van der Waals surface area contributed by atoms with Gasteiger partial charge in [0.1, 0.15) is 0 Å². The lowest BCUT2D eigenvalue weighted by Crippen LogP contribution is -2.43. The first kappa shape index (κ1) is 21.7. The van der Waals surface area contributed by atoms with Gasteiger partial charge in [-0.2, -0.15) is 0 Å². The number of hydrogen-bond acceptors (Lipinski definition) is 3. The Hall–Kier alpha value is -2.53. The normalized spacial score (nSPS) is 19.6. The predicted octanol–water partition coefficient (Wildman–Crippen LogP) is 5.21. The molecule has 5 nitrogen and oxygen atoms in total. The Kier molecular flexibility index (Phi) is 7.13. The summed E-state index contributed by atoms with van der Waals surface area (Å²) >= 11 is 5.92. The fraction of sp³-hybridized carbons (Fsp3) is 0.440. The molecule has 2 aliphatic heterocycles. The Morgan fingerprint density at radius 2 is 1.52 bits per heavy atom. The van der Waals surface area contributed by atoms with E-state index in [1.54, 1.807) is 29.2 Å². The van der Waals surface area contributed by atoms with Crippen LogP contribution in [-0.2, 0) is 4.79 Å². The van der Waals surface area contributed by atoms with Crippen LogP contribution in [0.2, 0.25) is 5.02 Å². The molecule has 2 heterocycles. The Morgan fingerprint density at radius 3 is 2.19 bits per heavy atom. The van der Waals surface area contributed by atoms with Gasteiger partial charge in [-0.15, -0.1) is 0 Å². The van der Waals surface area contributed by atoms with Gasteiger partial charge in [-0.05, 0) is 74.2 Å². The van der Waals surface area contributed by atoms with E-state index in [1.807, 2.05) is 12.1 Å². The number of amides is 2. The third-order valence-corrected chi connectivity index (χ3v) is 6.53. The van der Waals surface area contributed by atoms with E-state index in [1.165, 1.54) is 31.4 Å². The molecule has 4 rings (SSSR count). The number of anilines is 2. The monoisotopic (exact) mass is 439 g/mol. The lowest BCUT2D eigenvalue weighted by molar-refractivity contribution is -0.121. The van der Waals surface area contributed by atoms with E-state index in [2.05, 4.69) is 22.3 Å². The van der Waals surface area contributed by atoms with E-state index in [4.69, 9.17) is 11.6 Å². The molecule has 0 aliphatic carbocycles. The first-order valence-corrected chi connectivity index (χ1v) is 11.7. The number of hydrogen-bond donors (Lipinski definition) is 1. The maximum absolute atomic E-state index is 12.9. The van der Waals surface area contributed by atoms with Crippen molar-refractivity contribution in [1.82, 2.24) is 4.90 Å². The minimum absolute atomic E-state index is 0.0175. The number of carbonyl (C=O) groups is 2. The van der Waals surface area contributed by atoms with Crippen LogP contribution in [0.4, 0.5) is 11.4 Å². The molecule has 31 heavy (non-hydrogen) atoms. The lowest BCUT2D eigenvalue weighted by atomic mass is 9.96. The molecule has 1 atom stereocenters. The van der Waals surface area contributed by atoms with E-state index in [0.717, 1.165) is 31.6 Å². The van der Waals surface area contributed by atoms with E-state index < -0.39 is 0 Å². The third kappa shape index (κ3) is 5.59. The summed E-state index contributed by atoms with van der Waals surface area (Å²) in [5, 5.41) is 3.65. The van der Waals surface area contributed by atoms with E-state index >= 15 is 0 Å². The Bertz CT molecular complexity index is 890. The average molecular weight is 440 g/mol. The quantitative estimate of drug-likeness (QED) is 0.711. The van der Waals surface area contributed by atoms with Gasteiger partial charge in [0.2, 0.25) is 5.91 Å². The first-order valence-electron chi connectivity index (χ1n) is 11.3. The second-order valence-electron chi connectivity index (χ2n) is 8.53. The molecule has 2 amide bonds. The van der Waals surface area contributed by atoms with Gasteiger partial charge < -0.3 is 15.1 Å². The number of nitrogens with zero attached hydrogens (tertiary/aromatic N) is 2. The van der Waals surface area contributed by atoms with Crippen LogP contribution in [0, 0.1) is 5.92 Å². The zero-order chi connectivity index (χ0) is 21.6. The second-order valence-corrected chi connectivity index (χ2v) is 8.97. The van der Waals surface area contributed by atoms with Crippen LogP contribution >= 0.6 is 11.6 Å². The molecule has 2 aromatic carbocycles. The largest absolute Gasteiger partial charge is 0.372 e. The van der Waals surface area contributed by atoms with Gasteiger partial charge in [0.25, 0.3) is 5.91 Å². The maximum atomic E-state index is 12.9. The second kappa shape index (κ2) is 10.2. The number of piperidine rings is 1. The molecule has 2 aromatic rings. The summed E-state index contributed by atoms with van der Waals surface area (Å²) in [5.41, 5.74) is 2.64. The molecule has 0 saturated carbocycles. The predicted molar refractivity (Wildman–Crippen MR) is 126 cm³/mol. The van der Waals surface area contributed by atoms with Crippen molar-refractivity contribution in [1.29, 1.82) is 0 Å². The molecule has 0 spiro atoms. The molecule has 0 bridgehead atoms. The highest BCUT2D eigenvalue weighted by Crippen LogP contribution is 2.24. The van der Waals surface area contributed by atoms with Crippen LogP contribution in [-0.4, -0.2) is 42.9 Å². The van der Waals surface area contributed by atoms with Crippen molar-refractivity contribution >= 4 is 34.8 Å². The van der Waals surface area contributed by atoms with Crippen LogP contribution in [0.5, 0.6) is 0 Å². The number of carbonyl (C=O) groups excluding carboxylic acids is 2. The van der Waals surface area contributed by atoms with Crippen LogP contribution in [0.25, 0.3) is 0 Å². The number of rotatable bonds is 4. The summed E-state index contributed by atoms with van der Waals surface area (Å²) in [6, 6.07) is 15.1. The standard InChI is InChI=1S/C25H30ClN3O2/c26-21-9-7-19(8-10-21)25(31)29-17-5-6-20(18-29)24(30)27-22-11-13-23(14-12-22)28-15-3-1-2-4-16-28/h7-14,20H,1-6,15-18H2,(H,27,30)/t20-/m1/s1. The lowest BCUT2D eigenvalue weighted by Gasteiger charge is -2.32. The van der Waals surface area contributed by atoms with Crippen molar-refractivity contribution in [3.63, 3.8) is 0 Å². The van der Waals surface area contributed by atoms with Crippen molar-refractivity contribution in [3.8, 4) is 0 Å². The molecule has 1 N–H and O–H groups in total. The molecule has 0 unspecified atom stereocenters. The number of benzene rings is 2. The minimum atomic E-state index is -0.199. The summed E-state index contributed by atoms with van der Waals surface area (Å²) in [4.78, 5) is 29.9. The summed E-state index contributed by atoms with van der Waals surface area (Å²) in [5.74, 6) is -0.262. The summed E-state index contributed by atoms with van der Waals surface area (Å²) < 4.78 is 0. The molecule has 0 radical (unpaired) electrons. The molecular weight excluding hydrogens is 410 g/mol. The highest BCUT2D eigenvalue weighted by atomic mass is 35.5. The number of nitrogens with one attached hydrogen (secondary N) is 1. The van der Waals surface area contributed by atoms with Crippen LogP contribution in [0.1, 0.15) is 48.9 Å². The molecule has 2 fully saturated rings. The van der Waals surface area contributed by atoms with E-state index in [-0.39, 0.29) is 17.7 Å². The highest BCUT2D eigenvalue weighted by molar-refractivity contribution is 6.30. The molecule has 2 aliphatic rings. The van der Waals surface area contributed by atoms with Crippen LogP contribution in [0.15, 0.2) is 48.5 Å². The summed E-state index contributed by atoms with van der Waals surface area (Å²) in [6.07, 6.45) is 6.72. The van der Waals surface area contributed by atoms with Crippen LogP contribution < -0.4 is 10.2 Å². The minimum Gasteiger partial charge on any atom is -0.372 e. The van der Waals surface area contributed by atoms with Crippen molar-refractivity contribution in [2.24, 2.45) is 5.92 Å². The smallest absolute Gasteiger partial charge is 0.253 e. The topological polar surface area (TPSA) is 52.7 Å². The van der Waals surface area contributed by atoms with Crippen LogP contribution in [0.3, 0.4) is 0 Å². The molecule has 6 heteroatoms. The van der Waals surface area contributed by atoms with E-state index in [9.17, 15) is 9.59 Å². The van der Waals surface area contributed by atoms with Crippen molar-refractivity contribution in [2.45, 2.75) is 38.5 Å². The van der Waals surface area contributed by atoms with Crippen molar-refractivity contribution in [3.05, 3.63) is 59.1 Å². The van der Waals surface area contributed by atoms with Gasteiger partial charge in [0.15, 0.2) is 0 Å². The first-order chi connectivity index (χ1) is 15.1. The summed E-state index contributed by atoms with van der Waals surface area (Å²) in [6.45, 7) is 3.32. The Labute approximate surface area is 189 Å². The van der Waals surface area contributed by atoms with Gasteiger partial charge in [-0.25, -0.2) is 0 Å². The van der Waals surface area contributed by atoms with Crippen molar-refractivity contribution < 1.29 is 9.59 Å². The molecular formula is C25H30ClN3O2. The average Bonchev–Trinajstić information content (AvgIpc) is 3.09. The van der Waals surface area contributed by atoms with Crippen molar-refractivity contribution in [2.75, 3.05) is 36.4 Å². The fourth-order valence-corrected chi connectivity index (χ4v) is 4.61. The highest BCUT2D eigenvalue weighted by Gasteiger charge is 2.29. The fourth-order valence-electron chi connectivity index (χ4n) is 4.48. The Morgan fingerprint density at radius 1 is 0.839 bits per heavy atom. The Balaban J connectivity index is 1.34. The third-order valence-electron chi connectivity index (χ3n) is 6.28. The zero-order valence-corrected chi connectivity index (χ0v) is 18.6.